The van der Waals surface area contributed by atoms with Crippen molar-refractivity contribution in [2.24, 2.45) is 5.73 Å². The van der Waals surface area contributed by atoms with E-state index in [1.807, 2.05) is 0 Å². The molecule has 0 radical (unpaired) electrons. The van der Waals surface area contributed by atoms with Crippen molar-refractivity contribution in [2.45, 2.75) is 13.2 Å². The fraction of sp³-hybridized carbons (Fsp3) is 1.00. The van der Waals surface area contributed by atoms with Crippen LogP contribution in [0.4, 0.5) is 0 Å². The third-order valence-electron chi connectivity index (χ3n) is 0. The predicted molar refractivity (Wildman–Crippen MR) is 15.9 cm³/mol. The summed E-state index contributed by atoms with van der Waals surface area (Å²) >= 11 is 0. The molecule has 5 heavy (non-hydrogen) atoms. The minimum Gasteiger partial charge on any atom is -0.379 e. The summed E-state index contributed by atoms with van der Waals surface area (Å²) < 4.78 is 0. The molecule has 0 bridgehead atoms. The standard InChI is InChI=1S/C2H7NO.Pt/c1-2(3)4;/h2,4H,3H2,1H3;. The molecular formula is C2H7NOPt. The Kier molecular flexibility index (Phi) is 8.43. The second kappa shape index (κ2) is 4.61. The van der Waals surface area contributed by atoms with Gasteiger partial charge in [-0.05, 0) is 6.92 Å². The van der Waals surface area contributed by atoms with Crippen LogP contribution in [0.25, 0.3) is 0 Å². The normalized spacial score (nSPS) is 12.6. The molecule has 3 heteroatoms. The van der Waals surface area contributed by atoms with Gasteiger partial charge in [0.1, 0.15) is 0 Å². The molecule has 0 amide bonds. The van der Waals surface area contributed by atoms with Gasteiger partial charge in [-0.3, -0.25) is 0 Å². The number of nitrogens with two attached hydrogens (primary N) is 1. The van der Waals surface area contributed by atoms with Crippen LogP contribution in [-0.4, -0.2) is 11.3 Å². The van der Waals surface area contributed by atoms with E-state index in [4.69, 9.17) is 5.11 Å². The van der Waals surface area contributed by atoms with Crippen LogP contribution in [0.15, 0.2) is 0 Å². The molecule has 1 unspecified atom stereocenters. The fourth-order valence-corrected chi connectivity index (χ4v) is 0. The summed E-state index contributed by atoms with van der Waals surface area (Å²) in [5, 5.41) is 7.83. The van der Waals surface area contributed by atoms with Gasteiger partial charge < -0.3 is 10.8 Å². The molecule has 0 rings (SSSR count). The van der Waals surface area contributed by atoms with Gasteiger partial charge in [-0.15, -0.1) is 0 Å². The Hall–Kier alpha value is 0.608. The molecule has 0 aromatic rings. The maximum Gasteiger partial charge on any atom is 0.0991 e. The molecule has 36 valence electrons. The Morgan fingerprint density at radius 3 is 1.80 bits per heavy atom. The van der Waals surface area contributed by atoms with Gasteiger partial charge in [-0.2, -0.15) is 0 Å². The molecule has 0 aromatic heterocycles. The van der Waals surface area contributed by atoms with E-state index in [9.17, 15) is 0 Å². The zero-order valence-electron chi connectivity index (χ0n) is 2.92. The molecule has 0 spiro atoms. The van der Waals surface area contributed by atoms with E-state index in [0.717, 1.165) is 0 Å². The van der Waals surface area contributed by atoms with Crippen molar-refractivity contribution in [1.82, 2.24) is 0 Å². The Bertz CT molecular complexity index is 14.4. The maximum atomic E-state index is 7.83. The summed E-state index contributed by atoms with van der Waals surface area (Å²) in [5.74, 6) is 0. The molecule has 0 aliphatic heterocycles. The number of rotatable bonds is 0. The van der Waals surface area contributed by atoms with Crippen molar-refractivity contribution in [3.8, 4) is 0 Å². The molecule has 0 heterocycles. The van der Waals surface area contributed by atoms with Crippen molar-refractivity contribution >= 4 is 0 Å². The SMILES string of the molecule is CC(N)O.[Pt]. The summed E-state index contributed by atoms with van der Waals surface area (Å²) in [6, 6.07) is 0. The molecule has 2 nitrogen and oxygen atoms in total. The molecule has 3 N–H and O–H groups in total. The molecule has 0 saturated heterocycles. The van der Waals surface area contributed by atoms with Crippen LogP contribution in [0.3, 0.4) is 0 Å². The molecule has 0 aliphatic rings. The van der Waals surface area contributed by atoms with E-state index in [1.165, 1.54) is 6.92 Å². The van der Waals surface area contributed by atoms with Crippen molar-refractivity contribution in [3.63, 3.8) is 0 Å². The number of hydrogen-bond donors (Lipinski definition) is 2. The quantitative estimate of drug-likeness (QED) is 0.562. The number of aliphatic hydroxyl groups excluding tert-OH is 1. The first kappa shape index (κ1) is 9.15. The number of aliphatic hydroxyl groups is 1. The first-order valence-electron chi connectivity index (χ1n) is 1.17. The van der Waals surface area contributed by atoms with Crippen LogP contribution in [0, 0.1) is 0 Å². The van der Waals surface area contributed by atoms with Gasteiger partial charge in [0, 0.05) is 21.1 Å². The number of hydrogen-bond acceptors (Lipinski definition) is 2. The van der Waals surface area contributed by atoms with E-state index >= 15 is 0 Å². The summed E-state index contributed by atoms with van der Waals surface area (Å²) in [7, 11) is 0. The second-order valence-corrected chi connectivity index (χ2v) is 0.741. The van der Waals surface area contributed by atoms with Gasteiger partial charge >= 0.3 is 0 Å². The second-order valence-electron chi connectivity index (χ2n) is 0.741. The molecule has 0 saturated carbocycles. The van der Waals surface area contributed by atoms with E-state index in [-0.39, 0.29) is 21.1 Å². The van der Waals surface area contributed by atoms with Gasteiger partial charge in [-0.25, -0.2) is 0 Å². The molecular weight excluding hydrogens is 249 g/mol. The monoisotopic (exact) mass is 256 g/mol. The summed E-state index contributed by atoms with van der Waals surface area (Å²) in [6.07, 6.45) is -0.667. The van der Waals surface area contributed by atoms with Gasteiger partial charge in [0.05, 0.1) is 6.23 Å². The average Bonchev–Trinajstić information content (AvgIpc) is 0.811. The predicted octanol–water partition coefficient (Wildman–Crippen LogP) is -0.719. The first-order chi connectivity index (χ1) is 1.73. The van der Waals surface area contributed by atoms with Crippen LogP contribution in [-0.2, 0) is 21.1 Å². The van der Waals surface area contributed by atoms with E-state index in [0.29, 0.717) is 0 Å². The van der Waals surface area contributed by atoms with Crippen LogP contribution in [0.5, 0.6) is 0 Å². The summed E-state index contributed by atoms with van der Waals surface area (Å²) in [5.41, 5.74) is 4.67. The Labute approximate surface area is 45.6 Å². The smallest absolute Gasteiger partial charge is 0.0991 e. The first-order valence-corrected chi connectivity index (χ1v) is 1.17. The van der Waals surface area contributed by atoms with Crippen molar-refractivity contribution in [3.05, 3.63) is 0 Å². The largest absolute Gasteiger partial charge is 0.379 e. The molecule has 1 atom stereocenters. The molecule has 0 aromatic carbocycles. The van der Waals surface area contributed by atoms with Gasteiger partial charge in [-0.1, -0.05) is 0 Å². The van der Waals surface area contributed by atoms with Crippen molar-refractivity contribution in [2.75, 3.05) is 0 Å². The zero-order chi connectivity index (χ0) is 3.58. The van der Waals surface area contributed by atoms with E-state index in [1.54, 1.807) is 0 Å². The van der Waals surface area contributed by atoms with Crippen LogP contribution >= 0.6 is 0 Å². The van der Waals surface area contributed by atoms with Gasteiger partial charge in [0.15, 0.2) is 0 Å². The minimum atomic E-state index is -0.667. The van der Waals surface area contributed by atoms with Crippen molar-refractivity contribution < 1.29 is 26.2 Å². The fourth-order valence-electron chi connectivity index (χ4n) is 0. The van der Waals surface area contributed by atoms with Crippen LogP contribution in [0.1, 0.15) is 6.92 Å². The summed E-state index contributed by atoms with van der Waals surface area (Å²) in [4.78, 5) is 0. The van der Waals surface area contributed by atoms with Crippen LogP contribution in [0.2, 0.25) is 0 Å². The zero-order valence-corrected chi connectivity index (χ0v) is 5.19. The third-order valence-corrected chi connectivity index (χ3v) is 0. The average molecular weight is 256 g/mol. The Morgan fingerprint density at radius 1 is 1.80 bits per heavy atom. The van der Waals surface area contributed by atoms with Gasteiger partial charge in [0.2, 0.25) is 0 Å². The maximum absolute atomic E-state index is 7.83. The van der Waals surface area contributed by atoms with E-state index < -0.39 is 6.23 Å². The third kappa shape index (κ3) is 84.7. The summed E-state index contributed by atoms with van der Waals surface area (Å²) in [6.45, 7) is 1.50. The molecule has 0 fully saturated rings. The van der Waals surface area contributed by atoms with E-state index in [2.05, 4.69) is 5.73 Å². The Balaban J connectivity index is 0. The van der Waals surface area contributed by atoms with Crippen molar-refractivity contribution in [1.29, 1.82) is 0 Å². The molecule has 0 aliphatic carbocycles. The minimum absolute atomic E-state index is 0. The topological polar surface area (TPSA) is 46.2 Å². The van der Waals surface area contributed by atoms with Crippen LogP contribution < -0.4 is 5.73 Å². The Morgan fingerprint density at radius 2 is 1.80 bits per heavy atom. The van der Waals surface area contributed by atoms with Gasteiger partial charge in [0.25, 0.3) is 0 Å².